The van der Waals surface area contributed by atoms with Gasteiger partial charge in [-0.15, -0.1) is 10.2 Å². The van der Waals surface area contributed by atoms with Gasteiger partial charge in [-0.25, -0.2) is 4.79 Å². The fourth-order valence-electron chi connectivity index (χ4n) is 2.85. The van der Waals surface area contributed by atoms with Crippen LogP contribution in [-0.4, -0.2) is 37.5 Å². The van der Waals surface area contributed by atoms with Gasteiger partial charge in [-0.3, -0.25) is 4.79 Å². The number of benzene rings is 2. The number of rotatable bonds is 9. The summed E-state index contributed by atoms with van der Waals surface area (Å²) >= 11 is 7.40. The molecule has 162 valence electrons. The molecule has 3 aromatic rings. The van der Waals surface area contributed by atoms with Gasteiger partial charge in [-0.1, -0.05) is 41.6 Å². The number of ether oxygens (including phenoxy) is 1. The number of aromatic carboxylic acids is 1. The Morgan fingerprint density at radius 2 is 2.00 bits per heavy atom. The molecular formula is C21H21ClN4O4S. The van der Waals surface area contributed by atoms with Crippen LogP contribution >= 0.6 is 23.4 Å². The molecule has 2 aromatic carbocycles. The van der Waals surface area contributed by atoms with Crippen LogP contribution in [0.15, 0.2) is 53.7 Å². The number of para-hydroxylation sites is 1. The zero-order chi connectivity index (χ0) is 22.4. The van der Waals surface area contributed by atoms with E-state index >= 15 is 0 Å². The van der Waals surface area contributed by atoms with Crippen molar-refractivity contribution in [3.05, 3.63) is 64.9 Å². The number of carboxylic acids is 1. The van der Waals surface area contributed by atoms with E-state index in [-0.39, 0.29) is 17.2 Å². The Morgan fingerprint density at radius 3 is 2.71 bits per heavy atom. The minimum Gasteiger partial charge on any atom is -0.481 e. The van der Waals surface area contributed by atoms with Crippen molar-refractivity contribution >= 4 is 40.9 Å². The quantitative estimate of drug-likeness (QED) is 0.452. The normalized spacial score (nSPS) is 11.7. The first-order valence-electron chi connectivity index (χ1n) is 9.49. The van der Waals surface area contributed by atoms with Crippen molar-refractivity contribution in [2.24, 2.45) is 0 Å². The second-order valence-corrected chi connectivity index (χ2v) is 7.85. The average Bonchev–Trinajstić information content (AvgIpc) is 3.17. The Kier molecular flexibility index (Phi) is 7.54. The second-order valence-electron chi connectivity index (χ2n) is 6.50. The van der Waals surface area contributed by atoms with E-state index in [1.54, 1.807) is 24.3 Å². The topological polar surface area (TPSA) is 106 Å². The molecular weight excluding hydrogens is 440 g/mol. The third-order valence-electron chi connectivity index (χ3n) is 4.29. The Labute approximate surface area is 188 Å². The number of amides is 1. The Hall–Kier alpha value is -3.04. The van der Waals surface area contributed by atoms with Crippen molar-refractivity contribution < 1.29 is 19.4 Å². The Morgan fingerprint density at radius 1 is 1.23 bits per heavy atom. The summed E-state index contributed by atoms with van der Waals surface area (Å²) in [5.74, 6) is -0.0592. The smallest absolute Gasteiger partial charge is 0.335 e. The van der Waals surface area contributed by atoms with E-state index in [1.165, 1.54) is 23.9 Å². The number of hydrogen-bond donors (Lipinski definition) is 2. The van der Waals surface area contributed by atoms with Gasteiger partial charge < -0.3 is 19.7 Å². The highest BCUT2D eigenvalue weighted by Gasteiger charge is 2.20. The maximum absolute atomic E-state index is 12.3. The summed E-state index contributed by atoms with van der Waals surface area (Å²) in [6.07, 6.45) is -0.394. The lowest BCUT2D eigenvalue weighted by Gasteiger charge is -2.16. The molecule has 10 heteroatoms. The summed E-state index contributed by atoms with van der Waals surface area (Å²) in [7, 11) is 0. The molecule has 8 nitrogen and oxygen atoms in total. The van der Waals surface area contributed by atoms with Crippen LogP contribution in [-0.2, 0) is 11.3 Å². The van der Waals surface area contributed by atoms with Crippen molar-refractivity contribution in [1.82, 2.24) is 14.8 Å². The van der Waals surface area contributed by atoms with E-state index < -0.39 is 12.1 Å². The minimum atomic E-state index is -1.05. The highest BCUT2D eigenvalue weighted by Crippen LogP contribution is 2.29. The standard InChI is InChI=1S/C21H21ClN4O4S/c1-3-26-19(13(2)30-17-10-5-4-9-16(17)22)24-25-21(26)31-12-18(27)23-15-8-6-7-14(11-15)20(28)29/h4-11,13H,3,12H2,1-2H3,(H,23,27)(H,28,29). The number of anilines is 1. The van der Waals surface area contributed by atoms with E-state index in [9.17, 15) is 9.59 Å². The van der Waals surface area contributed by atoms with Crippen LogP contribution in [0.3, 0.4) is 0 Å². The molecule has 0 bridgehead atoms. The van der Waals surface area contributed by atoms with Crippen LogP contribution in [0.4, 0.5) is 5.69 Å². The number of carboxylic acid groups (broad SMARTS) is 1. The van der Waals surface area contributed by atoms with Gasteiger partial charge in [-0.05, 0) is 44.2 Å². The van der Waals surface area contributed by atoms with Gasteiger partial charge in [0.05, 0.1) is 16.3 Å². The lowest BCUT2D eigenvalue weighted by atomic mass is 10.2. The summed E-state index contributed by atoms with van der Waals surface area (Å²) in [4.78, 5) is 23.4. The number of aromatic nitrogens is 3. The van der Waals surface area contributed by atoms with Gasteiger partial charge in [0.2, 0.25) is 5.91 Å². The number of carbonyl (C=O) groups is 2. The molecule has 31 heavy (non-hydrogen) atoms. The third kappa shape index (κ3) is 5.77. The fraction of sp³-hybridized carbons (Fsp3) is 0.238. The van der Waals surface area contributed by atoms with E-state index in [4.69, 9.17) is 21.4 Å². The van der Waals surface area contributed by atoms with Crippen LogP contribution < -0.4 is 10.1 Å². The molecule has 1 aromatic heterocycles. The molecule has 0 radical (unpaired) electrons. The molecule has 0 saturated heterocycles. The van der Waals surface area contributed by atoms with Crippen molar-refractivity contribution in [3.63, 3.8) is 0 Å². The van der Waals surface area contributed by atoms with Gasteiger partial charge in [0, 0.05) is 12.2 Å². The molecule has 3 rings (SSSR count). The van der Waals surface area contributed by atoms with E-state index in [0.717, 1.165) is 0 Å². The molecule has 0 aliphatic heterocycles. The highest BCUT2D eigenvalue weighted by molar-refractivity contribution is 7.99. The highest BCUT2D eigenvalue weighted by atomic mass is 35.5. The summed E-state index contributed by atoms with van der Waals surface area (Å²) in [5, 5.41) is 21.3. The predicted octanol–water partition coefficient (Wildman–Crippen LogP) is 4.52. The zero-order valence-corrected chi connectivity index (χ0v) is 18.5. The Bertz CT molecular complexity index is 1090. The third-order valence-corrected chi connectivity index (χ3v) is 5.57. The van der Waals surface area contributed by atoms with Crippen LogP contribution in [0.1, 0.15) is 36.1 Å². The van der Waals surface area contributed by atoms with Crippen LogP contribution in [0, 0.1) is 0 Å². The van der Waals surface area contributed by atoms with Crippen molar-refractivity contribution in [3.8, 4) is 5.75 Å². The van der Waals surface area contributed by atoms with Crippen molar-refractivity contribution in [2.75, 3.05) is 11.1 Å². The van der Waals surface area contributed by atoms with Gasteiger partial charge in [-0.2, -0.15) is 0 Å². The summed E-state index contributed by atoms with van der Waals surface area (Å²) in [6.45, 7) is 4.41. The molecule has 0 fully saturated rings. The molecule has 2 N–H and O–H groups in total. The van der Waals surface area contributed by atoms with E-state index in [1.807, 2.05) is 30.5 Å². The monoisotopic (exact) mass is 460 g/mol. The van der Waals surface area contributed by atoms with Gasteiger partial charge in [0.25, 0.3) is 0 Å². The number of nitrogens with zero attached hydrogens (tertiary/aromatic N) is 3. The Balaban J connectivity index is 1.64. The summed E-state index contributed by atoms with van der Waals surface area (Å²) in [6, 6.07) is 13.3. The predicted molar refractivity (Wildman–Crippen MR) is 119 cm³/mol. The first-order chi connectivity index (χ1) is 14.9. The van der Waals surface area contributed by atoms with E-state index in [0.29, 0.717) is 34.0 Å². The molecule has 1 amide bonds. The number of carbonyl (C=O) groups excluding carboxylic acids is 1. The summed E-state index contributed by atoms with van der Waals surface area (Å²) in [5.41, 5.74) is 0.526. The number of nitrogens with one attached hydrogen (secondary N) is 1. The maximum atomic E-state index is 12.3. The lowest BCUT2D eigenvalue weighted by molar-refractivity contribution is -0.113. The molecule has 0 saturated carbocycles. The SMILES string of the molecule is CCn1c(SCC(=O)Nc2cccc(C(=O)O)c2)nnc1C(C)Oc1ccccc1Cl. The largest absolute Gasteiger partial charge is 0.481 e. The first kappa shape index (κ1) is 22.6. The van der Waals surface area contributed by atoms with Crippen molar-refractivity contribution in [1.29, 1.82) is 0 Å². The van der Waals surface area contributed by atoms with Crippen LogP contribution in [0.25, 0.3) is 0 Å². The van der Waals surface area contributed by atoms with Crippen LogP contribution in [0.5, 0.6) is 5.75 Å². The van der Waals surface area contributed by atoms with Crippen LogP contribution in [0.2, 0.25) is 5.02 Å². The number of hydrogen-bond acceptors (Lipinski definition) is 6. The second kappa shape index (κ2) is 10.3. The molecule has 0 aliphatic carbocycles. The molecule has 0 aliphatic rings. The van der Waals surface area contributed by atoms with E-state index in [2.05, 4.69) is 15.5 Å². The number of halogens is 1. The average molecular weight is 461 g/mol. The number of thioether (sulfide) groups is 1. The molecule has 1 unspecified atom stereocenters. The maximum Gasteiger partial charge on any atom is 0.335 e. The molecule has 1 heterocycles. The fourth-order valence-corrected chi connectivity index (χ4v) is 3.84. The van der Waals surface area contributed by atoms with Gasteiger partial charge >= 0.3 is 5.97 Å². The summed E-state index contributed by atoms with van der Waals surface area (Å²) < 4.78 is 7.81. The minimum absolute atomic E-state index is 0.0924. The lowest BCUT2D eigenvalue weighted by Crippen LogP contribution is -2.15. The first-order valence-corrected chi connectivity index (χ1v) is 10.9. The zero-order valence-electron chi connectivity index (χ0n) is 16.9. The molecule has 0 spiro atoms. The molecule has 1 atom stereocenters. The van der Waals surface area contributed by atoms with Gasteiger partial charge in [0.1, 0.15) is 5.75 Å². The van der Waals surface area contributed by atoms with Gasteiger partial charge in [0.15, 0.2) is 17.1 Å². The van der Waals surface area contributed by atoms with Crippen molar-refractivity contribution in [2.45, 2.75) is 31.7 Å².